The Morgan fingerprint density at radius 2 is 1.50 bits per heavy atom. The third kappa shape index (κ3) is 5.48. The Bertz CT molecular complexity index is 986. The molecule has 0 atom stereocenters. The zero-order valence-corrected chi connectivity index (χ0v) is 18.7. The highest BCUT2D eigenvalue weighted by Crippen LogP contribution is 2.23. The second-order valence-corrected chi connectivity index (χ2v) is 8.30. The molecule has 0 radical (unpaired) electrons. The van der Waals surface area contributed by atoms with Crippen molar-refractivity contribution < 1.29 is 4.79 Å². The highest BCUT2D eigenvalue weighted by atomic mass is 16.2. The first-order valence-electron chi connectivity index (χ1n) is 11.1. The molecule has 32 heavy (non-hydrogen) atoms. The van der Waals surface area contributed by atoms with Crippen molar-refractivity contribution in [3.05, 3.63) is 83.6 Å². The van der Waals surface area contributed by atoms with Crippen LogP contribution in [-0.2, 0) is 13.1 Å². The fraction of sp³-hybridized carbons (Fsp3) is 0.360. The molecule has 7 heteroatoms. The van der Waals surface area contributed by atoms with Crippen LogP contribution in [-0.4, -0.2) is 49.9 Å². The predicted octanol–water partition coefficient (Wildman–Crippen LogP) is 4.19. The predicted molar refractivity (Wildman–Crippen MR) is 125 cm³/mol. The number of nitrogens with zero attached hydrogens (tertiary/aromatic N) is 5. The van der Waals surface area contributed by atoms with E-state index >= 15 is 0 Å². The maximum Gasteiger partial charge on any atom is 0.323 e. The second kappa shape index (κ2) is 10.3. The first-order chi connectivity index (χ1) is 15.6. The maximum atomic E-state index is 12.7. The van der Waals surface area contributed by atoms with E-state index in [1.54, 1.807) is 12.3 Å². The smallest absolute Gasteiger partial charge is 0.323 e. The standard InChI is InChI=1S/C25H30N6O/c1-19-7-5-13-26-22(19)17-31(18-23-20(2)8-6-14-27-23)21-10-15-30(16-11-21)25(32)29-24-9-3-4-12-28-24/h3-9,12-14,21H,10-11,15-18H2,1-2H3,(H,28,29,32). The van der Waals surface area contributed by atoms with Crippen LogP contribution < -0.4 is 5.32 Å². The van der Waals surface area contributed by atoms with Crippen molar-refractivity contribution in [2.24, 2.45) is 0 Å². The highest BCUT2D eigenvalue weighted by Gasteiger charge is 2.28. The number of carbonyl (C=O) groups is 1. The van der Waals surface area contributed by atoms with Gasteiger partial charge in [-0.05, 0) is 62.1 Å². The molecule has 0 saturated carbocycles. The van der Waals surface area contributed by atoms with Crippen LogP contribution in [0.15, 0.2) is 61.1 Å². The molecule has 0 aromatic carbocycles. The van der Waals surface area contributed by atoms with Gasteiger partial charge in [0.05, 0.1) is 11.4 Å². The number of pyridine rings is 3. The number of nitrogens with one attached hydrogen (secondary N) is 1. The summed E-state index contributed by atoms with van der Waals surface area (Å²) in [5, 5.41) is 2.89. The Morgan fingerprint density at radius 1 is 0.906 bits per heavy atom. The molecule has 4 rings (SSSR count). The van der Waals surface area contributed by atoms with Gasteiger partial charge in [0.15, 0.2) is 0 Å². The monoisotopic (exact) mass is 430 g/mol. The molecule has 1 aliphatic rings. The molecule has 0 spiro atoms. The summed E-state index contributed by atoms with van der Waals surface area (Å²) in [5.74, 6) is 0.581. The Balaban J connectivity index is 1.44. The Morgan fingerprint density at radius 3 is 2.03 bits per heavy atom. The number of carbonyl (C=O) groups excluding carboxylic acids is 1. The Hall–Kier alpha value is -3.32. The van der Waals surface area contributed by atoms with Gasteiger partial charge in [-0.15, -0.1) is 0 Å². The summed E-state index contributed by atoms with van der Waals surface area (Å²) in [5.41, 5.74) is 4.58. The van der Waals surface area contributed by atoms with Gasteiger partial charge in [-0.25, -0.2) is 9.78 Å². The average Bonchev–Trinajstić information content (AvgIpc) is 2.82. The molecular formula is C25H30N6O. The molecule has 2 amide bonds. The lowest BCUT2D eigenvalue weighted by atomic mass is 10.0. The summed E-state index contributed by atoms with van der Waals surface area (Å²) in [7, 11) is 0. The number of piperidine rings is 1. The largest absolute Gasteiger partial charge is 0.324 e. The maximum absolute atomic E-state index is 12.7. The lowest BCUT2D eigenvalue weighted by Crippen LogP contribution is -2.47. The minimum absolute atomic E-state index is 0.0881. The lowest BCUT2D eigenvalue weighted by Gasteiger charge is -2.38. The molecule has 0 unspecified atom stereocenters. The van der Waals surface area contributed by atoms with Gasteiger partial charge in [0.2, 0.25) is 0 Å². The quantitative estimate of drug-likeness (QED) is 0.635. The third-order valence-electron chi connectivity index (χ3n) is 6.11. The first kappa shape index (κ1) is 21.9. The summed E-state index contributed by atoms with van der Waals surface area (Å²) in [4.78, 5) is 30.4. The van der Waals surface area contributed by atoms with Crippen LogP contribution in [0.25, 0.3) is 0 Å². The van der Waals surface area contributed by atoms with E-state index < -0.39 is 0 Å². The molecule has 0 bridgehead atoms. The van der Waals surface area contributed by atoms with Gasteiger partial charge in [0.25, 0.3) is 0 Å². The van der Waals surface area contributed by atoms with Crippen molar-refractivity contribution >= 4 is 11.8 Å². The zero-order chi connectivity index (χ0) is 22.3. The topological polar surface area (TPSA) is 74.2 Å². The fourth-order valence-corrected chi connectivity index (χ4v) is 4.13. The van der Waals surface area contributed by atoms with Gasteiger partial charge in [0.1, 0.15) is 5.82 Å². The second-order valence-electron chi connectivity index (χ2n) is 8.30. The van der Waals surface area contributed by atoms with Crippen LogP contribution >= 0.6 is 0 Å². The number of anilines is 1. The van der Waals surface area contributed by atoms with Crippen molar-refractivity contribution in [3.63, 3.8) is 0 Å². The number of amides is 2. The van der Waals surface area contributed by atoms with E-state index in [4.69, 9.17) is 0 Å². The molecule has 3 aromatic heterocycles. The first-order valence-corrected chi connectivity index (χ1v) is 11.1. The van der Waals surface area contributed by atoms with Crippen molar-refractivity contribution in [1.29, 1.82) is 0 Å². The van der Waals surface area contributed by atoms with Gasteiger partial charge in [-0.1, -0.05) is 18.2 Å². The van der Waals surface area contributed by atoms with Crippen molar-refractivity contribution in [1.82, 2.24) is 24.8 Å². The van der Waals surface area contributed by atoms with Gasteiger partial charge in [-0.2, -0.15) is 0 Å². The van der Waals surface area contributed by atoms with Gasteiger partial charge >= 0.3 is 6.03 Å². The zero-order valence-electron chi connectivity index (χ0n) is 18.7. The molecule has 0 aliphatic carbocycles. The number of rotatable bonds is 6. The van der Waals surface area contributed by atoms with E-state index in [0.717, 1.165) is 37.3 Å². The van der Waals surface area contributed by atoms with Crippen LogP contribution in [0.3, 0.4) is 0 Å². The normalized spacial score (nSPS) is 14.5. The minimum Gasteiger partial charge on any atom is -0.324 e. The van der Waals surface area contributed by atoms with Crippen LogP contribution in [0.2, 0.25) is 0 Å². The fourth-order valence-electron chi connectivity index (χ4n) is 4.13. The molecule has 1 N–H and O–H groups in total. The van der Waals surface area contributed by atoms with Crippen LogP contribution in [0, 0.1) is 13.8 Å². The molecule has 3 aromatic rings. The highest BCUT2D eigenvalue weighted by molar-refractivity contribution is 5.88. The van der Waals surface area contributed by atoms with Crippen LogP contribution in [0.4, 0.5) is 10.6 Å². The number of aryl methyl sites for hydroxylation is 2. The van der Waals surface area contributed by atoms with Gasteiger partial charge in [-0.3, -0.25) is 20.2 Å². The van der Waals surface area contributed by atoms with Crippen molar-refractivity contribution in [2.75, 3.05) is 18.4 Å². The van der Waals surface area contributed by atoms with Crippen molar-refractivity contribution in [3.8, 4) is 0 Å². The number of aromatic nitrogens is 3. The summed E-state index contributed by atoms with van der Waals surface area (Å²) in [6.07, 6.45) is 7.22. The van der Waals surface area contributed by atoms with E-state index in [2.05, 4.69) is 51.1 Å². The van der Waals surface area contributed by atoms with E-state index in [1.807, 2.05) is 41.6 Å². The van der Waals surface area contributed by atoms with Crippen LogP contribution in [0.1, 0.15) is 35.4 Å². The summed E-state index contributed by atoms with van der Waals surface area (Å²) >= 11 is 0. The SMILES string of the molecule is Cc1cccnc1CN(Cc1ncccc1C)C1CCN(C(=O)Nc2ccccn2)CC1. The number of likely N-dealkylation sites (tertiary alicyclic amines) is 1. The molecule has 4 heterocycles. The number of urea groups is 1. The molecule has 1 fully saturated rings. The van der Waals surface area contributed by atoms with Crippen LogP contribution in [0.5, 0.6) is 0 Å². The summed E-state index contributed by atoms with van der Waals surface area (Å²) in [6, 6.07) is 13.9. The number of hydrogen-bond acceptors (Lipinski definition) is 5. The van der Waals surface area contributed by atoms with E-state index in [9.17, 15) is 4.79 Å². The molecule has 1 saturated heterocycles. The Kier molecular flexibility index (Phi) is 7.07. The van der Waals surface area contributed by atoms with E-state index in [0.29, 0.717) is 24.9 Å². The molecular weight excluding hydrogens is 400 g/mol. The molecule has 166 valence electrons. The molecule has 1 aliphatic heterocycles. The summed E-state index contributed by atoms with van der Waals surface area (Å²) in [6.45, 7) is 7.18. The molecule has 7 nitrogen and oxygen atoms in total. The van der Waals surface area contributed by atoms with E-state index in [1.165, 1.54) is 11.1 Å². The summed E-state index contributed by atoms with van der Waals surface area (Å²) < 4.78 is 0. The van der Waals surface area contributed by atoms with Gasteiger partial charge < -0.3 is 4.90 Å². The van der Waals surface area contributed by atoms with E-state index in [-0.39, 0.29) is 6.03 Å². The van der Waals surface area contributed by atoms with Crippen molar-refractivity contribution in [2.45, 2.75) is 45.8 Å². The Labute approximate surface area is 189 Å². The lowest BCUT2D eigenvalue weighted by molar-refractivity contribution is 0.107. The average molecular weight is 431 g/mol. The third-order valence-corrected chi connectivity index (χ3v) is 6.11. The minimum atomic E-state index is -0.0881. The number of hydrogen-bond donors (Lipinski definition) is 1. The van der Waals surface area contributed by atoms with Gasteiger partial charge in [0, 0.05) is 50.8 Å².